The molecule has 0 saturated carbocycles. The van der Waals surface area contributed by atoms with Gasteiger partial charge in [-0.1, -0.05) is 13.3 Å². The van der Waals surface area contributed by atoms with Gasteiger partial charge < -0.3 is 10.2 Å². The van der Waals surface area contributed by atoms with Crippen molar-refractivity contribution in [3.8, 4) is 11.6 Å². The van der Waals surface area contributed by atoms with E-state index in [1.807, 2.05) is 6.92 Å². The number of aromatic nitrogens is 2. The van der Waals surface area contributed by atoms with Gasteiger partial charge >= 0.3 is 0 Å². The van der Waals surface area contributed by atoms with Crippen LogP contribution < -0.4 is 16.0 Å². The Balaban J connectivity index is 2.34. The number of hydrogen-bond acceptors (Lipinski definition) is 5. The van der Waals surface area contributed by atoms with Crippen molar-refractivity contribution >= 4 is 5.82 Å². The summed E-state index contributed by atoms with van der Waals surface area (Å²) in [7, 11) is 0. The molecule has 0 spiro atoms. The van der Waals surface area contributed by atoms with Gasteiger partial charge in [-0.3, -0.25) is 0 Å². The van der Waals surface area contributed by atoms with Gasteiger partial charge in [-0.05, 0) is 18.6 Å². The zero-order valence-corrected chi connectivity index (χ0v) is 10.9. The molecular formula is C13H14F2N4O. The lowest BCUT2D eigenvalue weighted by Gasteiger charge is -2.12. The first kappa shape index (κ1) is 14.1. The van der Waals surface area contributed by atoms with Crippen LogP contribution in [0.25, 0.3) is 0 Å². The van der Waals surface area contributed by atoms with Crippen LogP contribution in [-0.2, 0) is 6.42 Å². The van der Waals surface area contributed by atoms with Crippen LogP contribution in [0.3, 0.4) is 0 Å². The lowest BCUT2D eigenvalue weighted by molar-refractivity contribution is 0.441. The standard InChI is InChI=1S/C13H14F2N4O/c1-2-3-9-12(19-16)17-7-18-13(9)20-8-4-5-10(14)11(15)6-8/h4-7H,2-3,16H2,1H3,(H,17,18,19). The SMILES string of the molecule is CCCc1c(NN)ncnc1Oc1ccc(F)c(F)c1. The van der Waals surface area contributed by atoms with Crippen molar-refractivity contribution in [2.24, 2.45) is 5.84 Å². The molecule has 0 aliphatic carbocycles. The predicted molar refractivity (Wildman–Crippen MR) is 70.3 cm³/mol. The fourth-order valence-electron chi connectivity index (χ4n) is 1.74. The maximum absolute atomic E-state index is 13.2. The molecule has 0 bridgehead atoms. The largest absolute Gasteiger partial charge is 0.438 e. The van der Waals surface area contributed by atoms with E-state index in [4.69, 9.17) is 10.6 Å². The summed E-state index contributed by atoms with van der Waals surface area (Å²) in [6.45, 7) is 1.98. The first-order chi connectivity index (χ1) is 9.65. The molecule has 0 saturated heterocycles. The van der Waals surface area contributed by atoms with E-state index < -0.39 is 11.6 Å². The molecule has 2 aromatic rings. The van der Waals surface area contributed by atoms with Crippen molar-refractivity contribution in [1.29, 1.82) is 0 Å². The molecule has 0 aliphatic rings. The van der Waals surface area contributed by atoms with Gasteiger partial charge in [0, 0.05) is 6.07 Å². The molecule has 7 heteroatoms. The average molecular weight is 280 g/mol. The topological polar surface area (TPSA) is 73.1 Å². The Labute approximate surface area is 114 Å². The van der Waals surface area contributed by atoms with Crippen LogP contribution in [0.1, 0.15) is 18.9 Å². The molecule has 2 rings (SSSR count). The summed E-state index contributed by atoms with van der Waals surface area (Å²) in [6.07, 6.45) is 2.75. The molecule has 20 heavy (non-hydrogen) atoms. The lowest BCUT2D eigenvalue weighted by Crippen LogP contribution is -2.12. The highest BCUT2D eigenvalue weighted by atomic mass is 19.2. The molecule has 0 amide bonds. The molecular weight excluding hydrogens is 266 g/mol. The number of nitrogen functional groups attached to an aromatic ring is 1. The van der Waals surface area contributed by atoms with Crippen LogP contribution >= 0.6 is 0 Å². The van der Waals surface area contributed by atoms with E-state index in [0.29, 0.717) is 17.8 Å². The maximum Gasteiger partial charge on any atom is 0.227 e. The number of nitrogens with zero attached hydrogens (tertiary/aromatic N) is 2. The highest BCUT2D eigenvalue weighted by Gasteiger charge is 2.13. The Morgan fingerprint density at radius 2 is 2.05 bits per heavy atom. The van der Waals surface area contributed by atoms with E-state index in [9.17, 15) is 8.78 Å². The fourth-order valence-corrected chi connectivity index (χ4v) is 1.74. The molecule has 0 atom stereocenters. The highest BCUT2D eigenvalue weighted by molar-refractivity contribution is 5.49. The van der Waals surface area contributed by atoms with E-state index in [1.54, 1.807) is 0 Å². The third kappa shape index (κ3) is 3.00. The van der Waals surface area contributed by atoms with E-state index in [-0.39, 0.29) is 11.6 Å². The van der Waals surface area contributed by atoms with Crippen molar-refractivity contribution in [2.45, 2.75) is 19.8 Å². The molecule has 0 unspecified atom stereocenters. The van der Waals surface area contributed by atoms with Gasteiger partial charge in [0.1, 0.15) is 17.9 Å². The average Bonchev–Trinajstić information content (AvgIpc) is 2.45. The molecule has 1 aromatic heterocycles. The summed E-state index contributed by atoms with van der Waals surface area (Å²) in [5.41, 5.74) is 3.14. The Bertz CT molecular complexity index is 607. The van der Waals surface area contributed by atoms with Gasteiger partial charge in [-0.25, -0.2) is 24.6 Å². The minimum atomic E-state index is -0.981. The number of hydrogen-bond donors (Lipinski definition) is 2. The normalized spacial score (nSPS) is 10.4. The third-order valence-electron chi connectivity index (χ3n) is 2.65. The fraction of sp³-hybridized carbons (Fsp3) is 0.231. The molecule has 0 radical (unpaired) electrons. The molecule has 1 heterocycles. The molecule has 106 valence electrons. The Hall–Kier alpha value is -2.28. The monoisotopic (exact) mass is 280 g/mol. The van der Waals surface area contributed by atoms with Gasteiger partial charge in [-0.2, -0.15) is 0 Å². The van der Waals surface area contributed by atoms with Crippen molar-refractivity contribution in [3.05, 3.63) is 41.7 Å². The number of nitrogens with two attached hydrogens (primary N) is 1. The zero-order chi connectivity index (χ0) is 14.5. The summed E-state index contributed by atoms with van der Waals surface area (Å²) < 4.78 is 31.5. The van der Waals surface area contributed by atoms with Crippen LogP contribution in [0.5, 0.6) is 11.6 Å². The minimum absolute atomic E-state index is 0.155. The first-order valence-corrected chi connectivity index (χ1v) is 6.09. The van der Waals surface area contributed by atoms with Crippen molar-refractivity contribution in [3.63, 3.8) is 0 Å². The van der Waals surface area contributed by atoms with Crippen LogP contribution in [0.15, 0.2) is 24.5 Å². The van der Waals surface area contributed by atoms with E-state index in [0.717, 1.165) is 18.6 Å². The summed E-state index contributed by atoms with van der Waals surface area (Å²) in [5, 5.41) is 0. The van der Waals surface area contributed by atoms with Crippen LogP contribution in [0, 0.1) is 11.6 Å². The first-order valence-electron chi connectivity index (χ1n) is 6.09. The number of benzene rings is 1. The summed E-state index contributed by atoms with van der Waals surface area (Å²) in [6, 6.07) is 3.28. The third-order valence-corrected chi connectivity index (χ3v) is 2.65. The van der Waals surface area contributed by atoms with Gasteiger partial charge in [0.25, 0.3) is 0 Å². The minimum Gasteiger partial charge on any atom is -0.438 e. The molecule has 3 N–H and O–H groups in total. The van der Waals surface area contributed by atoms with E-state index >= 15 is 0 Å². The maximum atomic E-state index is 13.2. The summed E-state index contributed by atoms with van der Waals surface area (Å²) in [5.74, 6) is 4.33. The number of rotatable bonds is 5. The second-order valence-corrected chi connectivity index (χ2v) is 4.08. The zero-order valence-electron chi connectivity index (χ0n) is 10.9. The Morgan fingerprint density at radius 1 is 1.25 bits per heavy atom. The smallest absolute Gasteiger partial charge is 0.227 e. The van der Waals surface area contributed by atoms with E-state index in [2.05, 4.69) is 15.4 Å². The molecule has 5 nitrogen and oxygen atoms in total. The molecule has 0 aliphatic heterocycles. The molecule has 1 aromatic carbocycles. The number of nitrogens with one attached hydrogen (secondary N) is 1. The number of halogens is 2. The molecule has 0 fully saturated rings. The lowest BCUT2D eigenvalue weighted by atomic mass is 10.2. The van der Waals surface area contributed by atoms with Crippen LogP contribution in [0.4, 0.5) is 14.6 Å². The number of anilines is 1. The van der Waals surface area contributed by atoms with Crippen molar-refractivity contribution in [1.82, 2.24) is 9.97 Å². The van der Waals surface area contributed by atoms with E-state index in [1.165, 1.54) is 12.4 Å². The second kappa shape index (κ2) is 6.25. The van der Waals surface area contributed by atoms with Gasteiger partial charge in [0.05, 0.1) is 5.56 Å². The Morgan fingerprint density at radius 3 is 2.70 bits per heavy atom. The predicted octanol–water partition coefficient (Wildman–Crippen LogP) is 2.79. The van der Waals surface area contributed by atoms with Gasteiger partial charge in [0.15, 0.2) is 11.6 Å². The second-order valence-electron chi connectivity index (χ2n) is 4.08. The van der Waals surface area contributed by atoms with Gasteiger partial charge in [0.2, 0.25) is 5.88 Å². The quantitative estimate of drug-likeness (QED) is 0.651. The summed E-state index contributed by atoms with van der Waals surface area (Å²) in [4.78, 5) is 8.00. The highest BCUT2D eigenvalue weighted by Crippen LogP contribution is 2.28. The number of ether oxygens (including phenoxy) is 1. The van der Waals surface area contributed by atoms with Crippen LogP contribution in [0.2, 0.25) is 0 Å². The van der Waals surface area contributed by atoms with Crippen LogP contribution in [-0.4, -0.2) is 9.97 Å². The van der Waals surface area contributed by atoms with Crippen molar-refractivity contribution in [2.75, 3.05) is 5.43 Å². The van der Waals surface area contributed by atoms with Gasteiger partial charge in [-0.15, -0.1) is 0 Å². The van der Waals surface area contributed by atoms with Crippen molar-refractivity contribution < 1.29 is 13.5 Å². The Kier molecular flexibility index (Phi) is 4.41. The summed E-state index contributed by atoms with van der Waals surface area (Å²) >= 11 is 0. The number of hydrazine groups is 1.